The molecule has 1 aromatic carbocycles. The number of amides is 2. The highest BCUT2D eigenvalue weighted by Crippen LogP contribution is 2.06. The van der Waals surface area contributed by atoms with Crippen molar-refractivity contribution in [3.63, 3.8) is 0 Å². The minimum atomic E-state index is -0.366. The molecule has 0 spiro atoms. The third-order valence-corrected chi connectivity index (χ3v) is 3.47. The first-order valence-electron chi connectivity index (χ1n) is 8.55. The van der Waals surface area contributed by atoms with E-state index in [1.54, 1.807) is 25.1 Å². The van der Waals surface area contributed by atoms with Crippen LogP contribution in [0.25, 0.3) is 6.08 Å². The molecule has 0 atom stereocenters. The van der Waals surface area contributed by atoms with E-state index < -0.39 is 0 Å². The molecule has 0 unspecified atom stereocenters. The summed E-state index contributed by atoms with van der Waals surface area (Å²) in [6.45, 7) is 4.51. The van der Waals surface area contributed by atoms with Gasteiger partial charge in [-0.3, -0.25) is 14.4 Å². The number of hydrogen-bond donors (Lipinski definition) is 1. The lowest BCUT2D eigenvalue weighted by Gasteiger charge is -2.21. The van der Waals surface area contributed by atoms with Crippen molar-refractivity contribution in [1.29, 1.82) is 0 Å². The van der Waals surface area contributed by atoms with E-state index in [4.69, 9.17) is 4.74 Å². The number of carbonyl (C=O) groups excluding carboxylic acids is 3. The fourth-order valence-corrected chi connectivity index (χ4v) is 2.17. The van der Waals surface area contributed by atoms with Gasteiger partial charge in [0.05, 0.1) is 13.0 Å². The Morgan fingerprint density at radius 3 is 2.50 bits per heavy atom. The molecule has 0 heterocycles. The van der Waals surface area contributed by atoms with Crippen LogP contribution in [0.5, 0.6) is 0 Å². The highest BCUT2D eigenvalue weighted by atomic mass is 19.1. The van der Waals surface area contributed by atoms with Gasteiger partial charge in [0.25, 0.3) is 0 Å². The number of esters is 1. The Morgan fingerprint density at radius 2 is 1.88 bits per heavy atom. The van der Waals surface area contributed by atoms with Crippen LogP contribution < -0.4 is 5.32 Å². The molecule has 1 rings (SSSR count). The minimum Gasteiger partial charge on any atom is -0.466 e. The lowest BCUT2D eigenvalue weighted by Crippen LogP contribution is -2.34. The molecule has 0 aliphatic carbocycles. The number of benzene rings is 1. The van der Waals surface area contributed by atoms with Crippen molar-refractivity contribution < 1.29 is 23.5 Å². The average molecular weight is 364 g/mol. The van der Waals surface area contributed by atoms with Gasteiger partial charge >= 0.3 is 5.97 Å². The van der Waals surface area contributed by atoms with E-state index in [0.717, 1.165) is 0 Å². The molecule has 7 heteroatoms. The molecular formula is C19H25FN2O4. The van der Waals surface area contributed by atoms with Crippen LogP contribution >= 0.6 is 0 Å². The molecule has 2 amide bonds. The largest absolute Gasteiger partial charge is 0.466 e. The Bertz CT molecular complexity index is 629. The predicted octanol–water partition coefficient (Wildman–Crippen LogP) is 2.15. The molecule has 0 fully saturated rings. The number of hydrogen-bond acceptors (Lipinski definition) is 4. The fourth-order valence-electron chi connectivity index (χ4n) is 2.17. The van der Waals surface area contributed by atoms with Gasteiger partial charge in [0, 0.05) is 32.6 Å². The maximum atomic E-state index is 12.9. The van der Waals surface area contributed by atoms with E-state index in [-0.39, 0.29) is 36.6 Å². The average Bonchev–Trinajstić information content (AvgIpc) is 2.60. The van der Waals surface area contributed by atoms with E-state index in [0.29, 0.717) is 31.7 Å². The molecule has 1 N–H and O–H groups in total. The molecule has 0 saturated heterocycles. The summed E-state index contributed by atoms with van der Waals surface area (Å²) in [5.74, 6) is -1.11. The number of carbonyl (C=O) groups is 3. The summed E-state index contributed by atoms with van der Waals surface area (Å²) in [4.78, 5) is 36.4. The minimum absolute atomic E-state index is 0.101. The molecule has 0 saturated carbocycles. The molecular weight excluding hydrogens is 339 g/mol. The van der Waals surface area contributed by atoms with Crippen LogP contribution in [0.4, 0.5) is 4.39 Å². The number of ether oxygens (including phenoxy) is 1. The smallest absolute Gasteiger partial charge is 0.307 e. The SMILES string of the molecule is CCOC(=O)CCN(CCCNC(C)=O)C(=O)/C=C/c1ccc(F)cc1. The molecule has 6 nitrogen and oxygen atoms in total. The summed E-state index contributed by atoms with van der Waals surface area (Å²) in [6.07, 6.45) is 3.65. The first kappa shape index (κ1) is 21.3. The fraction of sp³-hybridized carbons (Fsp3) is 0.421. The Labute approximate surface area is 153 Å². The summed E-state index contributed by atoms with van der Waals surface area (Å²) in [5.41, 5.74) is 0.698. The van der Waals surface area contributed by atoms with Crippen LogP contribution in [-0.4, -0.2) is 48.9 Å². The normalized spacial score (nSPS) is 10.6. The first-order valence-corrected chi connectivity index (χ1v) is 8.55. The molecule has 0 radical (unpaired) electrons. The molecule has 1 aromatic rings. The Balaban J connectivity index is 2.64. The van der Waals surface area contributed by atoms with E-state index in [2.05, 4.69) is 5.32 Å². The number of halogens is 1. The third-order valence-electron chi connectivity index (χ3n) is 3.47. The van der Waals surface area contributed by atoms with Gasteiger partial charge in [-0.1, -0.05) is 12.1 Å². The zero-order valence-corrected chi connectivity index (χ0v) is 15.2. The number of rotatable bonds is 10. The van der Waals surface area contributed by atoms with E-state index >= 15 is 0 Å². The van der Waals surface area contributed by atoms with Gasteiger partial charge in [-0.25, -0.2) is 4.39 Å². The molecule has 0 aromatic heterocycles. The zero-order valence-electron chi connectivity index (χ0n) is 15.2. The van der Waals surface area contributed by atoms with Gasteiger partial charge in [0.2, 0.25) is 11.8 Å². The molecule has 142 valence electrons. The van der Waals surface area contributed by atoms with Crippen LogP contribution in [0.1, 0.15) is 32.3 Å². The second-order valence-corrected chi connectivity index (χ2v) is 5.60. The third kappa shape index (κ3) is 8.96. The Morgan fingerprint density at radius 1 is 1.19 bits per heavy atom. The summed E-state index contributed by atoms with van der Waals surface area (Å²) in [6, 6.07) is 5.77. The van der Waals surface area contributed by atoms with Crippen molar-refractivity contribution in [2.45, 2.75) is 26.7 Å². The predicted molar refractivity (Wildman–Crippen MR) is 96.6 cm³/mol. The van der Waals surface area contributed by atoms with Crippen molar-refractivity contribution in [2.24, 2.45) is 0 Å². The van der Waals surface area contributed by atoms with Crippen LogP contribution in [0.2, 0.25) is 0 Å². The maximum Gasteiger partial charge on any atom is 0.307 e. The highest BCUT2D eigenvalue weighted by molar-refractivity contribution is 5.92. The van der Waals surface area contributed by atoms with Crippen LogP contribution in [-0.2, 0) is 19.1 Å². The second kappa shape index (κ2) is 11.8. The zero-order chi connectivity index (χ0) is 19.4. The summed E-state index contributed by atoms with van der Waals surface area (Å²) < 4.78 is 17.8. The Kier molecular flexibility index (Phi) is 9.67. The van der Waals surface area contributed by atoms with E-state index in [1.807, 2.05) is 0 Å². The molecule has 0 aliphatic rings. The van der Waals surface area contributed by atoms with Gasteiger partial charge in [-0.15, -0.1) is 0 Å². The van der Waals surface area contributed by atoms with Crippen LogP contribution in [0.15, 0.2) is 30.3 Å². The molecule has 0 bridgehead atoms. The number of nitrogens with zero attached hydrogens (tertiary/aromatic N) is 1. The van der Waals surface area contributed by atoms with E-state index in [9.17, 15) is 18.8 Å². The standard InChI is InChI=1S/C19H25FN2O4/c1-3-26-19(25)11-14-22(13-4-12-21-15(2)23)18(24)10-7-16-5-8-17(20)9-6-16/h5-10H,3-4,11-14H2,1-2H3,(H,21,23)/b10-7+. The lowest BCUT2D eigenvalue weighted by atomic mass is 10.2. The van der Waals surface area contributed by atoms with Gasteiger partial charge in [0.1, 0.15) is 5.82 Å². The maximum absolute atomic E-state index is 12.9. The van der Waals surface area contributed by atoms with Crippen molar-refractivity contribution >= 4 is 23.9 Å². The summed E-state index contributed by atoms with van der Waals surface area (Å²) in [7, 11) is 0. The van der Waals surface area contributed by atoms with Crippen molar-refractivity contribution in [3.8, 4) is 0 Å². The van der Waals surface area contributed by atoms with Crippen LogP contribution in [0, 0.1) is 5.82 Å². The topological polar surface area (TPSA) is 75.7 Å². The quantitative estimate of drug-likeness (QED) is 0.392. The molecule has 26 heavy (non-hydrogen) atoms. The van der Waals surface area contributed by atoms with E-state index in [1.165, 1.54) is 30.0 Å². The highest BCUT2D eigenvalue weighted by Gasteiger charge is 2.13. The van der Waals surface area contributed by atoms with Gasteiger partial charge in [-0.05, 0) is 37.1 Å². The van der Waals surface area contributed by atoms with Gasteiger partial charge < -0.3 is 15.0 Å². The first-order chi connectivity index (χ1) is 12.4. The monoisotopic (exact) mass is 364 g/mol. The summed E-state index contributed by atoms with van der Waals surface area (Å²) >= 11 is 0. The van der Waals surface area contributed by atoms with Crippen molar-refractivity contribution in [2.75, 3.05) is 26.2 Å². The Hall–Kier alpha value is -2.70. The van der Waals surface area contributed by atoms with Crippen LogP contribution in [0.3, 0.4) is 0 Å². The second-order valence-electron chi connectivity index (χ2n) is 5.60. The lowest BCUT2D eigenvalue weighted by molar-refractivity contribution is -0.143. The molecule has 0 aliphatic heterocycles. The summed E-state index contributed by atoms with van der Waals surface area (Å²) in [5, 5.41) is 2.67. The number of nitrogens with one attached hydrogen (secondary N) is 1. The van der Waals surface area contributed by atoms with Gasteiger partial charge in [-0.2, -0.15) is 0 Å². The van der Waals surface area contributed by atoms with Crippen molar-refractivity contribution in [1.82, 2.24) is 10.2 Å². The van der Waals surface area contributed by atoms with Gasteiger partial charge in [0.15, 0.2) is 0 Å². The van der Waals surface area contributed by atoms with Crippen molar-refractivity contribution in [3.05, 3.63) is 41.7 Å².